The van der Waals surface area contributed by atoms with E-state index in [0.29, 0.717) is 12.5 Å². The molecule has 86 valence electrons. The van der Waals surface area contributed by atoms with Gasteiger partial charge >= 0.3 is 5.97 Å². The lowest BCUT2D eigenvalue weighted by Gasteiger charge is -2.40. The molecule has 1 saturated carbocycles. The highest BCUT2D eigenvalue weighted by Crippen LogP contribution is 2.47. The van der Waals surface area contributed by atoms with Crippen molar-refractivity contribution in [1.29, 1.82) is 0 Å². The smallest absolute Gasteiger partial charge is 0.310 e. The minimum absolute atomic E-state index is 0.248. The van der Waals surface area contributed by atoms with E-state index < -0.39 is 11.4 Å². The number of rotatable bonds is 2. The number of hydrogen-bond acceptors (Lipinski definition) is 2. The molecule has 1 N–H and O–H groups in total. The molecule has 0 aromatic heterocycles. The molecule has 2 rings (SSSR count). The van der Waals surface area contributed by atoms with E-state index in [1.54, 1.807) is 0 Å². The fourth-order valence-corrected chi connectivity index (χ4v) is 3.30. The van der Waals surface area contributed by atoms with Crippen LogP contribution in [0.1, 0.15) is 39.0 Å². The lowest BCUT2D eigenvalue weighted by molar-refractivity contribution is -0.156. The minimum atomic E-state index is -0.593. The summed E-state index contributed by atoms with van der Waals surface area (Å²) in [7, 11) is 0. The summed E-state index contributed by atoms with van der Waals surface area (Å²) in [6, 6.07) is 0. The van der Waals surface area contributed by atoms with Crippen molar-refractivity contribution in [3.8, 4) is 0 Å². The Kier molecular flexibility index (Phi) is 3.01. The molecule has 0 spiro atoms. The molecule has 0 aromatic carbocycles. The molecular formula is C12H20O3. The molecule has 1 saturated heterocycles. The molecule has 0 aromatic rings. The maximum absolute atomic E-state index is 11.6. The average molecular weight is 212 g/mol. The zero-order valence-electron chi connectivity index (χ0n) is 9.37. The number of carboxylic acid groups (broad SMARTS) is 1. The molecule has 3 heteroatoms. The summed E-state index contributed by atoms with van der Waals surface area (Å²) in [5.41, 5.74) is -0.478. The van der Waals surface area contributed by atoms with Crippen LogP contribution in [-0.2, 0) is 9.53 Å². The first-order valence-electron chi connectivity index (χ1n) is 5.96. The zero-order chi connectivity index (χ0) is 10.9. The van der Waals surface area contributed by atoms with E-state index in [9.17, 15) is 9.90 Å². The van der Waals surface area contributed by atoms with Gasteiger partial charge in [-0.3, -0.25) is 4.79 Å². The number of ether oxygens (including phenoxy) is 1. The van der Waals surface area contributed by atoms with E-state index in [0.717, 1.165) is 32.3 Å². The Bertz CT molecular complexity index is 245. The topological polar surface area (TPSA) is 46.5 Å². The highest BCUT2D eigenvalue weighted by atomic mass is 16.5. The molecule has 3 nitrogen and oxygen atoms in total. The fourth-order valence-electron chi connectivity index (χ4n) is 3.30. The molecule has 15 heavy (non-hydrogen) atoms. The molecule has 2 fully saturated rings. The minimum Gasteiger partial charge on any atom is -0.481 e. The number of hydrogen-bond donors (Lipinski definition) is 1. The summed E-state index contributed by atoms with van der Waals surface area (Å²) in [5, 5.41) is 9.51. The van der Waals surface area contributed by atoms with Crippen molar-refractivity contribution in [3.63, 3.8) is 0 Å². The van der Waals surface area contributed by atoms with E-state index in [1.165, 1.54) is 6.42 Å². The van der Waals surface area contributed by atoms with Crippen LogP contribution in [0.4, 0.5) is 0 Å². The van der Waals surface area contributed by atoms with Crippen molar-refractivity contribution in [3.05, 3.63) is 0 Å². The Labute approximate surface area is 90.8 Å². The molecule has 0 bridgehead atoms. The second kappa shape index (κ2) is 4.12. The highest BCUT2D eigenvalue weighted by molar-refractivity contribution is 5.75. The van der Waals surface area contributed by atoms with Gasteiger partial charge in [0.25, 0.3) is 0 Å². The van der Waals surface area contributed by atoms with Gasteiger partial charge in [0.2, 0.25) is 0 Å². The van der Waals surface area contributed by atoms with Gasteiger partial charge in [-0.25, -0.2) is 0 Å². The first-order chi connectivity index (χ1) is 7.15. The Hall–Kier alpha value is -0.570. The SMILES string of the molecule is CC1CCCC(C(=O)O)(C2CCOC2)C1. The molecule has 3 atom stereocenters. The average Bonchev–Trinajstić information content (AvgIpc) is 2.70. The third-order valence-corrected chi connectivity index (χ3v) is 4.17. The van der Waals surface area contributed by atoms with Crippen molar-refractivity contribution >= 4 is 5.97 Å². The molecule has 3 unspecified atom stereocenters. The quantitative estimate of drug-likeness (QED) is 0.764. The van der Waals surface area contributed by atoms with E-state index in [-0.39, 0.29) is 5.92 Å². The third kappa shape index (κ3) is 1.89. The Morgan fingerprint density at radius 1 is 1.47 bits per heavy atom. The lowest BCUT2D eigenvalue weighted by atomic mass is 9.63. The van der Waals surface area contributed by atoms with Crippen LogP contribution in [0.3, 0.4) is 0 Å². The molecule has 2 aliphatic rings. The van der Waals surface area contributed by atoms with Crippen LogP contribution in [0.15, 0.2) is 0 Å². The molecule has 0 amide bonds. The summed E-state index contributed by atoms with van der Waals surface area (Å²) >= 11 is 0. The molecule has 1 heterocycles. The van der Waals surface area contributed by atoms with Gasteiger partial charge in [0, 0.05) is 12.5 Å². The zero-order valence-corrected chi connectivity index (χ0v) is 9.37. The van der Waals surface area contributed by atoms with Crippen LogP contribution >= 0.6 is 0 Å². The van der Waals surface area contributed by atoms with Gasteiger partial charge in [0.1, 0.15) is 0 Å². The first kappa shape index (κ1) is 10.9. The van der Waals surface area contributed by atoms with Gasteiger partial charge in [-0.05, 0) is 25.2 Å². The molecule has 1 aliphatic carbocycles. The lowest BCUT2D eigenvalue weighted by Crippen LogP contribution is -2.42. The molecular weight excluding hydrogens is 192 g/mol. The van der Waals surface area contributed by atoms with Gasteiger partial charge in [-0.1, -0.05) is 19.8 Å². The highest BCUT2D eigenvalue weighted by Gasteiger charge is 2.49. The number of carbonyl (C=O) groups is 1. The fraction of sp³-hybridized carbons (Fsp3) is 0.917. The van der Waals surface area contributed by atoms with Crippen molar-refractivity contribution < 1.29 is 14.6 Å². The van der Waals surface area contributed by atoms with E-state index in [4.69, 9.17) is 4.74 Å². The van der Waals surface area contributed by atoms with Gasteiger partial charge in [-0.2, -0.15) is 0 Å². The Morgan fingerprint density at radius 3 is 2.80 bits per heavy atom. The van der Waals surface area contributed by atoms with Crippen LogP contribution in [0.5, 0.6) is 0 Å². The summed E-state index contributed by atoms with van der Waals surface area (Å²) < 4.78 is 5.36. The van der Waals surface area contributed by atoms with Gasteiger partial charge < -0.3 is 9.84 Å². The summed E-state index contributed by atoms with van der Waals surface area (Å²) in [6.45, 7) is 3.57. The maximum Gasteiger partial charge on any atom is 0.310 e. The monoisotopic (exact) mass is 212 g/mol. The van der Waals surface area contributed by atoms with Gasteiger partial charge in [-0.15, -0.1) is 0 Å². The van der Waals surface area contributed by atoms with Crippen LogP contribution in [0, 0.1) is 17.3 Å². The van der Waals surface area contributed by atoms with Crippen LogP contribution < -0.4 is 0 Å². The standard InChI is InChI=1S/C12H20O3/c1-9-3-2-5-12(7-9,11(13)14)10-4-6-15-8-10/h9-10H,2-8H2,1H3,(H,13,14). The maximum atomic E-state index is 11.6. The predicted octanol–water partition coefficient (Wildman–Crippen LogP) is 2.30. The second-order valence-electron chi connectivity index (χ2n) is 5.22. The Morgan fingerprint density at radius 2 is 2.27 bits per heavy atom. The van der Waals surface area contributed by atoms with Gasteiger partial charge in [0.05, 0.1) is 12.0 Å². The van der Waals surface area contributed by atoms with Crippen LogP contribution in [0.25, 0.3) is 0 Å². The van der Waals surface area contributed by atoms with E-state index in [2.05, 4.69) is 6.92 Å². The van der Waals surface area contributed by atoms with Crippen molar-refractivity contribution in [2.24, 2.45) is 17.3 Å². The van der Waals surface area contributed by atoms with Crippen molar-refractivity contribution in [2.75, 3.05) is 13.2 Å². The van der Waals surface area contributed by atoms with Crippen LogP contribution in [-0.4, -0.2) is 24.3 Å². The van der Waals surface area contributed by atoms with Gasteiger partial charge in [0.15, 0.2) is 0 Å². The normalized spacial score (nSPS) is 41.7. The van der Waals surface area contributed by atoms with E-state index in [1.807, 2.05) is 0 Å². The predicted molar refractivity (Wildman–Crippen MR) is 56.6 cm³/mol. The van der Waals surface area contributed by atoms with Crippen molar-refractivity contribution in [1.82, 2.24) is 0 Å². The molecule has 1 aliphatic heterocycles. The third-order valence-electron chi connectivity index (χ3n) is 4.17. The van der Waals surface area contributed by atoms with E-state index >= 15 is 0 Å². The molecule has 0 radical (unpaired) electrons. The summed E-state index contributed by atoms with van der Waals surface area (Å²) in [5.74, 6) is 0.206. The number of carboxylic acids is 1. The largest absolute Gasteiger partial charge is 0.481 e. The summed E-state index contributed by atoms with van der Waals surface area (Å²) in [4.78, 5) is 11.6. The number of aliphatic carboxylic acids is 1. The second-order valence-corrected chi connectivity index (χ2v) is 5.22. The first-order valence-corrected chi connectivity index (χ1v) is 5.96. The van der Waals surface area contributed by atoms with Crippen molar-refractivity contribution in [2.45, 2.75) is 39.0 Å². The Balaban J connectivity index is 2.18. The van der Waals surface area contributed by atoms with Crippen LogP contribution in [0.2, 0.25) is 0 Å². The summed E-state index contributed by atoms with van der Waals surface area (Å²) in [6.07, 6.45) is 4.86.